The van der Waals surface area contributed by atoms with E-state index >= 15 is 0 Å². The van der Waals surface area contributed by atoms with Crippen LogP contribution in [-0.2, 0) is 0 Å². The zero-order chi connectivity index (χ0) is 13.6. The van der Waals surface area contributed by atoms with Crippen molar-refractivity contribution in [2.24, 2.45) is 5.92 Å². The first kappa shape index (κ1) is 12.3. The quantitative estimate of drug-likeness (QED) is 0.895. The van der Waals surface area contributed by atoms with E-state index in [-0.39, 0.29) is 5.54 Å². The van der Waals surface area contributed by atoms with E-state index in [2.05, 4.69) is 29.3 Å². The average Bonchev–Trinajstić information content (AvgIpc) is 3.32. The van der Waals surface area contributed by atoms with E-state index in [0.717, 1.165) is 37.1 Å². The number of rotatable bonds is 2. The SMILES string of the molecule is CC1(C2CC2)CN(c2ccc3c(c2)OCCO3)CCN1. The Morgan fingerprint density at radius 3 is 2.80 bits per heavy atom. The summed E-state index contributed by atoms with van der Waals surface area (Å²) < 4.78 is 11.3. The summed E-state index contributed by atoms with van der Waals surface area (Å²) in [5, 5.41) is 3.72. The van der Waals surface area contributed by atoms with Gasteiger partial charge in [0.15, 0.2) is 11.5 Å². The minimum atomic E-state index is 0.269. The number of nitrogens with zero attached hydrogens (tertiary/aromatic N) is 1. The molecule has 0 radical (unpaired) electrons. The molecule has 4 nitrogen and oxygen atoms in total. The molecule has 0 amide bonds. The van der Waals surface area contributed by atoms with Crippen LogP contribution in [0.15, 0.2) is 18.2 Å². The minimum absolute atomic E-state index is 0.269. The second kappa shape index (κ2) is 4.55. The Labute approximate surface area is 120 Å². The number of hydrogen-bond donors (Lipinski definition) is 1. The third-order valence-corrected chi connectivity index (χ3v) is 4.80. The summed E-state index contributed by atoms with van der Waals surface area (Å²) in [5.41, 5.74) is 1.52. The number of benzene rings is 1. The molecule has 4 heteroatoms. The second-order valence-corrected chi connectivity index (χ2v) is 6.37. The van der Waals surface area contributed by atoms with Crippen molar-refractivity contribution in [1.82, 2.24) is 5.32 Å². The molecule has 1 atom stereocenters. The number of hydrogen-bond acceptors (Lipinski definition) is 4. The van der Waals surface area contributed by atoms with Crippen LogP contribution >= 0.6 is 0 Å². The topological polar surface area (TPSA) is 33.7 Å². The van der Waals surface area contributed by atoms with Crippen molar-refractivity contribution >= 4 is 5.69 Å². The van der Waals surface area contributed by atoms with Crippen LogP contribution in [-0.4, -0.2) is 38.4 Å². The first-order valence-corrected chi connectivity index (χ1v) is 7.64. The highest BCUT2D eigenvalue weighted by Gasteiger charge is 2.43. The van der Waals surface area contributed by atoms with Gasteiger partial charge in [-0.25, -0.2) is 0 Å². The Morgan fingerprint density at radius 2 is 2.00 bits per heavy atom. The summed E-state index contributed by atoms with van der Waals surface area (Å²) in [6.07, 6.45) is 2.75. The molecular weight excluding hydrogens is 252 g/mol. The fraction of sp³-hybridized carbons (Fsp3) is 0.625. The number of piperazine rings is 1. The van der Waals surface area contributed by atoms with Gasteiger partial charge < -0.3 is 19.7 Å². The van der Waals surface area contributed by atoms with Gasteiger partial charge in [-0.05, 0) is 37.8 Å². The van der Waals surface area contributed by atoms with Gasteiger partial charge in [0.2, 0.25) is 0 Å². The van der Waals surface area contributed by atoms with Crippen LogP contribution in [0.4, 0.5) is 5.69 Å². The maximum Gasteiger partial charge on any atom is 0.163 e. The highest BCUT2D eigenvalue weighted by Crippen LogP contribution is 2.42. The number of fused-ring (bicyclic) bond motifs is 1. The Morgan fingerprint density at radius 1 is 1.20 bits per heavy atom. The molecule has 0 aromatic heterocycles. The third kappa shape index (κ3) is 2.12. The first-order valence-electron chi connectivity index (χ1n) is 7.64. The van der Waals surface area contributed by atoms with E-state index in [1.54, 1.807) is 0 Å². The lowest BCUT2D eigenvalue weighted by atomic mass is 9.92. The molecule has 1 aromatic carbocycles. The van der Waals surface area contributed by atoms with E-state index < -0.39 is 0 Å². The zero-order valence-electron chi connectivity index (χ0n) is 12.0. The maximum atomic E-state index is 5.70. The lowest BCUT2D eigenvalue weighted by molar-refractivity contribution is 0.171. The van der Waals surface area contributed by atoms with Crippen molar-refractivity contribution in [2.45, 2.75) is 25.3 Å². The summed E-state index contributed by atoms with van der Waals surface area (Å²) in [4.78, 5) is 2.48. The molecule has 1 unspecified atom stereocenters. The molecule has 2 fully saturated rings. The van der Waals surface area contributed by atoms with E-state index in [0.29, 0.717) is 13.2 Å². The van der Waals surface area contributed by atoms with Crippen LogP contribution in [0.3, 0.4) is 0 Å². The molecule has 1 saturated carbocycles. The van der Waals surface area contributed by atoms with Gasteiger partial charge in [0, 0.05) is 36.9 Å². The van der Waals surface area contributed by atoms with Crippen molar-refractivity contribution in [3.63, 3.8) is 0 Å². The molecule has 1 N–H and O–H groups in total. The number of ether oxygens (including phenoxy) is 2. The van der Waals surface area contributed by atoms with Gasteiger partial charge in [-0.2, -0.15) is 0 Å². The van der Waals surface area contributed by atoms with Crippen LogP contribution in [0.2, 0.25) is 0 Å². The van der Waals surface area contributed by atoms with Crippen molar-refractivity contribution in [2.75, 3.05) is 37.7 Å². The van der Waals surface area contributed by atoms with Gasteiger partial charge in [-0.15, -0.1) is 0 Å². The van der Waals surface area contributed by atoms with Crippen LogP contribution in [0.25, 0.3) is 0 Å². The Hall–Kier alpha value is -1.42. The van der Waals surface area contributed by atoms with Gasteiger partial charge in [0.25, 0.3) is 0 Å². The van der Waals surface area contributed by atoms with Crippen molar-refractivity contribution in [3.05, 3.63) is 18.2 Å². The number of anilines is 1. The monoisotopic (exact) mass is 274 g/mol. The summed E-state index contributed by atoms with van der Waals surface area (Å²) >= 11 is 0. The lowest BCUT2D eigenvalue weighted by Gasteiger charge is -2.43. The average molecular weight is 274 g/mol. The molecular formula is C16H22N2O2. The van der Waals surface area contributed by atoms with E-state index in [1.165, 1.54) is 18.5 Å². The number of nitrogens with one attached hydrogen (secondary N) is 1. The van der Waals surface area contributed by atoms with Gasteiger partial charge >= 0.3 is 0 Å². The predicted octanol–water partition coefficient (Wildman–Crippen LogP) is 2.04. The molecule has 3 aliphatic rings. The van der Waals surface area contributed by atoms with E-state index in [9.17, 15) is 0 Å². The van der Waals surface area contributed by atoms with Crippen LogP contribution < -0.4 is 19.7 Å². The minimum Gasteiger partial charge on any atom is -0.486 e. The fourth-order valence-electron chi connectivity index (χ4n) is 3.45. The molecule has 2 aliphatic heterocycles. The molecule has 1 aromatic rings. The summed E-state index contributed by atoms with van der Waals surface area (Å²) in [6, 6.07) is 6.33. The highest BCUT2D eigenvalue weighted by atomic mass is 16.6. The summed E-state index contributed by atoms with van der Waals surface area (Å²) in [6.45, 7) is 6.87. The van der Waals surface area contributed by atoms with Crippen LogP contribution in [0.1, 0.15) is 19.8 Å². The van der Waals surface area contributed by atoms with E-state index in [4.69, 9.17) is 9.47 Å². The smallest absolute Gasteiger partial charge is 0.163 e. The molecule has 4 rings (SSSR count). The van der Waals surface area contributed by atoms with Gasteiger partial charge in [0.05, 0.1) is 0 Å². The third-order valence-electron chi connectivity index (χ3n) is 4.80. The highest BCUT2D eigenvalue weighted by molar-refractivity contribution is 5.57. The Kier molecular flexibility index (Phi) is 2.81. The van der Waals surface area contributed by atoms with Gasteiger partial charge in [-0.1, -0.05) is 0 Å². The summed E-state index contributed by atoms with van der Waals surface area (Å²) in [7, 11) is 0. The van der Waals surface area contributed by atoms with E-state index in [1.807, 2.05) is 6.07 Å². The standard InChI is InChI=1S/C16H22N2O2/c1-16(12-2-3-12)11-18(7-6-17-16)13-4-5-14-15(10-13)20-9-8-19-14/h4-5,10,12,17H,2-3,6-9,11H2,1H3. The van der Waals surface area contributed by atoms with Crippen molar-refractivity contribution in [1.29, 1.82) is 0 Å². The van der Waals surface area contributed by atoms with Crippen LogP contribution in [0, 0.1) is 5.92 Å². The second-order valence-electron chi connectivity index (χ2n) is 6.37. The van der Waals surface area contributed by atoms with Crippen molar-refractivity contribution in [3.8, 4) is 11.5 Å². The molecule has 0 bridgehead atoms. The molecule has 1 aliphatic carbocycles. The maximum absolute atomic E-state index is 5.70. The largest absolute Gasteiger partial charge is 0.486 e. The van der Waals surface area contributed by atoms with Gasteiger partial charge in [0.1, 0.15) is 13.2 Å². The predicted molar refractivity (Wildman–Crippen MR) is 78.8 cm³/mol. The molecule has 0 spiro atoms. The van der Waals surface area contributed by atoms with Crippen LogP contribution in [0.5, 0.6) is 11.5 Å². The Balaban J connectivity index is 1.57. The van der Waals surface area contributed by atoms with Crippen molar-refractivity contribution < 1.29 is 9.47 Å². The molecule has 108 valence electrons. The fourth-order valence-corrected chi connectivity index (χ4v) is 3.45. The zero-order valence-corrected chi connectivity index (χ0v) is 12.0. The summed E-state index contributed by atoms with van der Waals surface area (Å²) in [5.74, 6) is 2.61. The molecule has 2 heterocycles. The molecule has 20 heavy (non-hydrogen) atoms. The normalized spacial score (nSPS) is 29.4. The lowest BCUT2D eigenvalue weighted by Crippen LogP contribution is -2.60. The molecule has 1 saturated heterocycles. The Bertz CT molecular complexity index is 515. The first-order chi connectivity index (χ1) is 9.74. The van der Waals surface area contributed by atoms with Gasteiger partial charge in [-0.3, -0.25) is 0 Å².